The Morgan fingerprint density at radius 2 is 1.31 bits per heavy atom. The number of imidazole rings is 2. The number of rotatable bonds is 12. The highest BCUT2D eigenvalue weighted by Gasteiger charge is 2.39. The Morgan fingerprint density at radius 3 is 1.87 bits per heavy atom. The number of hydrogen-bond acceptors (Lipinski definition) is 9. The standard InChI is InChI=1S/C45H52N8O7.2ClH/c1-28(2)38(50-44(56)58-5)42(54)52-22-12-18-35(52)40-46-25-33(48-40)17-11-10-16-31-20-21-32(24-37(31)60-27-30-14-8-7-9-15-30)34-26-47-41(49-34)36-19-13-23-53(36)43(55)39(29(3)4)51-45(57)59-6;;/h7-9,14-15,20-21,24-26,28-29,35-36,38-39H,12-13,18-19,22-23,27H2,1-6H3,(H,46,48)(H,47,49)(H,50,56)(H,51,57);2*1H/t35-,36-,38-,39-;;/m0../s1. The predicted octanol–water partition coefficient (Wildman–Crippen LogP) is 6.71. The third-order valence-corrected chi connectivity index (χ3v) is 10.7. The lowest BCUT2D eigenvalue weighted by molar-refractivity contribution is -0.136. The van der Waals surface area contributed by atoms with Gasteiger partial charge in [-0.25, -0.2) is 19.6 Å². The van der Waals surface area contributed by atoms with Crippen molar-refractivity contribution >= 4 is 48.8 Å². The second-order valence-corrected chi connectivity index (χ2v) is 15.4. The van der Waals surface area contributed by atoms with Crippen molar-refractivity contribution in [3.8, 4) is 40.7 Å². The molecule has 0 bridgehead atoms. The van der Waals surface area contributed by atoms with Crippen LogP contribution in [-0.2, 0) is 25.7 Å². The summed E-state index contributed by atoms with van der Waals surface area (Å²) in [6, 6.07) is 13.5. The molecule has 0 aliphatic carbocycles. The Hall–Kier alpha value is -6.16. The van der Waals surface area contributed by atoms with Crippen molar-refractivity contribution in [1.82, 2.24) is 40.4 Å². The highest BCUT2D eigenvalue weighted by Crippen LogP contribution is 2.34. The lowest BCUT2D eigenvalue weighted by Crippen LogP contribution is -2.51. The fourth-order valence-electron chi connectivity index (χ4n) is 7.45. The first-order valence-electron chi connectivity index (χ1n) is 20.2. The molecule has 2 aliphatic rings. The molecule has 2 saturated heterocycles. The lowest BCUT2D eigenvalue weighted by Gasteiger charge is -2.30. The fourth-order valence-corrected chi connectivity index (χ4v) is 7.45. The van der Waals surface area contributed by atoms with E-state index >= 15 is 0 Å². The second-order valence-electron chi connectivity index (χ2n) is 15.4. The summed E-state index contributed by atoms with van der Waals surface area (Å²) in [5.74, 6) is 13.2. The number of halogens is 2. The average Bonchev–Trinajstić information content (AvgIpc) is 4.10. The molecule has 330 valence electrons. The SMILES string of the molecule is COC(=O)N[C@H](C(=O)N1CCC[C@H]1c1ncc(C#CC#Cc2ccc(-c3cnc([C@@H]4CCCN4C(=O)[C@@H](NC(=O)OC)C(C)C)[nH]3)cc2OCc2ccccc2)[nH]1)C(C)C.Cl.Cl. The van der Waals surface area contributed by atoms with Crippen LogP contribution in [0.4, 0.5) is 9.59 Å². The largest absolute Gasteiger partial charge is 0.488 e. The molecule has 4 aromatic rings. The van der Waals surface area contributed by atoms with Gasteiger partial charge in [0.2, 0.25) is 11.8 Å². The zero-order chi connectivity index (χ0) is 42.8. The number of aromatic amines is 2. The molecule has 2 aliphatic heterocycles. The van der Waals surface area contributed by atoms with E-state index in [1.54, 1.807) is 22.2 Å². The summed E-state index contributed by atoms with van der Waals surface area (Å²) in [6.07, 6.45) is 5.15. The highest BCUT2D eigenvalue weighted by molar-refractivity contribution is 5.87. The molecule has 2 aromatic carbocycles. The van der Waals surface area contributed by atoms with E-state index < -0.39 is 24.3 Å². The first-order valence-corrected chi connectivity index (χ1v) is 20.2. The minimum absolute atomic E-state index is 0. The molecule has 6 rings (SSSR count). The smallest absolute Gasteiger partial charge is 0.407 e. The summed E-state index contributed by atoms with van der Waals surface area (Å²) in [7, 11) is 2.55. The maximum absolute atomic E-state index is 13.7. The monoisotopic (exact) mass is 888 g/mol. The summed E-state index contributed by atoms with van der Waals surface area (Å²) in [5, 5.41) is 5.36. The van der Waals surface area contributed by atoms with Gasteiger partial charge in [0, 0.05) is 18.7 Å². The van der Waals surface area contributed by atoms with Gasteiger partial charge in [0.25, 0.3) is 0 Å². The van der Waals surface area contributed by atoms with Gasteiger partial charge in [-0.2, -0.15) is 0 Å². The third-order valence-electron chi connectivity index (χ3n) is 10.7. The van der Waals surface area contributed by atoms with Gasteiger partial charge in [-0.3, -0.25) is 9.59 Å². The second kappa shape index (κ2) is 22.6. The Labute approximate surface area is 374 Å². The number of ether oxygens (including phenoxy) is 3. The Balaban J connectivity index is 0.00000422. The van der Waals surface area contributed by atoms with Crippen LogP contribution in [0.25, 0.3) is 11.3 Å². The average molecular weight is 890 g/mol. The predicted molar refractivity (Wildman–Crippen MR) is 237 cm³/mol. The van der Waals surface area contributed by atoms with Gasteiger partial charge in [-0.15, -0.1) is 24.8 Å². The number of carbonyl (C=O) groups excluding carboxylic acids is 4. The van der Waals surface area contributed by atoms with Crippen LogP contribution in [0.15, 0.2) is 60.9 Å². The molecule has 4 atom stereocenters. The van der Waals surface area contributed by atoms with Gasteiger partial charge < -0.3 is 44.6 Å². The van der Waals surface area contributed by atoms with Crippen LogP contribution in [0, 0.1) is 35.5 Å². The fraction of sp³-hybridized carbons (Fsp3) is 0.422. The number of carbonyl (C=O) groups is 4. The van der Waals surface area contributed by atoms with Crippen molar-refractivity contribution in [3.63, 3.8) is 0 Å². The minimum atomic E-state index is -0.728. The van der Waals surface area contributed by atoms with Crippen molar-refractivity contribution in [2.75, 3.05) is 27.3 Å². The van der Waals surface area contributed by atoms with Gasteiger partial charge in [-0.1, -0.05) is 64.1 Å². The van der Waals surface area contributed by atoms with E-state index in [4.69, 9.17) is 19.2 Å². The number of methoxy groups -OCH3 is 2. The summed E-state index contributed by atoms with van der Waals surface area (Å²) in [5.41, 5.74) is 3.76. The summed E-state index contributed by atoms with van der Waals surface area (Å²) < 4.78 is 15.8. The van der Waals surface area contributed by atoms with Crippen molar-refractivity contribution in [1.29, 1.82) is 0 Å². The number of aromatic nitrogens is 4. The number of nitrogens with one attached hydrogen (secondary N) is 4. The van der Waals surface area contributed by atoms with E-state index in [9.17, 15) is 19.2 Å². The summed E-state index contributed by atoms with van der Waals surface area (Å²) in [6.45, 7) is 8.95. The van der Waals surface area contributed by atoms with E-state index in [-0.39, 0.29) is 60.5 Å². The van der Waals surface area contributed by atoms with Crippen LogP contribution in [0.1, 0.15) is 93.9 Å². The number of amides is 4. The van der Waals surface area contributed by atoms with E-state index in [0.29, 0.717) is 48.4 Å². The van der Waals surface area contributed by atoms with Crippen LogP contribution >= 0.6 is 24.8 Å². The van der Waals surface area contributed by atoms with E-state index in [2.05, 4.69) is 49.3 Å². The van der Waals surface area contributed by atoms with Gasteiger partial charge in [-0.05, 0) is 78.9 Å². The number of hydrogen-bond donors (Lipinski definition) is 4. The highest BCUT2D eigenvalue weighted by atomic mass is 35.5. The van der Waals surface area contributed by atoms with Gasteiger partial charge in [0.15, 0.2) is 0 Å². The molecule has 62 heavy (non-hydrogen) atoms. The molecule has 17 heteroatoms. The first kappa shape index (κ1) is 48.5. The van der Waals surface area contributed by atoms with E-state index in [0.717, 1.165) is 42.5 Å². The van der Waals surface area contributed by atoms with Crippen LogP contribution in [0.3, 0.4) is 0 Å². The maximum atomic E-state index is 13.7. The molecule has 2 fully saturated rings. The topological polar surface area (TPSA) is 184 Å². The molecule has 0 radical (unpaired) electrons. The Kier molecular flexibility index (Phi) is 17.7. The quantitative estimate of drug-likeness (QED) is 0.112. The zero-order valence-corrected chi connectivity index (χ0v) is 37.3. The first-order chi connectivity index (χ1) is 29.0. The number of likely N-dealkylation sites (tertiary alicyclic amines) is 2. The molecule has 4 heterocycles. The maximum Gasteiger partial charge on any atom is 0.407 e. The number of nitrogens with zero attached hydrogens (tertiary/aromatic N) is 4. The molecule has 2 aromatic heterocycles. The molecular weight excluding hydrogens is 835 g/mol. The Bertz CT molecular complexity index is 2290. The molecule has 15 nitrogen and oxygen atoms in total. The van der Waals surface area contributed by atoms with Gasteiger partial charge in [0.05, 0.1) is 50.0 Å². The van der Waals surface area contributed by atoms with Crippen molar-refractivity contribution in [2.24, 2.45) is 11.8 Å². The lowest BCUT2D eigenvalue weighted by atomic mass is 10.0. The van der Waals surface area contributed by atoms with Crippen molar-refractivity contribution in [3.05, 3.63) is 89.4 Å². The third kappa shape index (κ3) is 11.8. The molecule has 0 spiro atoms. The molecular formula is C45H54Cl2N8O7. The van der Waals surface area contributed by atoms with E-state index in [1.165, 1.54) is 14.2 Å². The normalized spacial score (nSPS) is 16.4. The molecule has 0 unspecified atom stereocenters. The van der Waals surface area contributed by atoms with Crippen LogP contribution < -0.4 is 15.4 Å². The zero-order valence-electron chi connectivity index (χ0n) is 35.7. The number of benzene rings is 2. The minimum Gasteiger partial charge on any atom is -0.488 e. The summed E-state index contributed by atoms with van der Waals surface area (Å²) >= 11 is 0. The van der Waals surface area contributed by atoms with Crippen molar-refractivity contribution in [2.45, 2.75) is 84.2 Å². The molecule has 0 saturated carbocycles. The van der Waals surface area contributed by atoms with Crippen LogP contribution in [0.5, 0.6) is 5.75 Å². The van der Waals surface area contributed by atoms with Gasteiger partial charge >= 0.3 is 12.2 Å². The molecule has 4 amide bonds. The summed E-state index contributed by atoms with van der Waals surface area (Å²) in [4.78, 5) is 70.6. The van der Waals surface area contributed by atoms with Crippen LogP contribution in [0.2, 0.25) is 0 Å². The van der Waals surface area contributed by atoms with E-state index in [1.807, 2.05) is 76.2 Å². The van der Waals surface area contributed by atoms with Crippen molar-refractivity contribution < 1.29 is 33.4 Å². The van der Waals surface area contributed by atoms with Crippen LogP contribution in [-0.4, -0.2) is 93.1 Å². The van der Waals surface area contributed by atoms with Gasteiger partial charge in [0.1, 0.15) is 41.8 Å². The number of H-pyrrole nitrogens is 2. The number of alkyl carbamates (subject to hydrolysis) is 2. The Morgan fingerprint density at radius 1 is 0.758 bits per heavy atom. The molecule has 4 N–H and O–H groups in total.